The van der Waals surface area contributed by atoms with Crippen LogP contribution in [-0.4, -0.2) is 13.2 Å². The third-order valence-corrected chi connectivity index (χ3v) is 4.91. The van der Waals surface area contributed by atoms with Crippen LogP contribution >= 0.6 is 11.8 Å². The molecule has 2 atom stereocenters. The quantitative estimate of drug-likeness (QED) is 0.812. The first kappa shape index (κ1) is 15.0. The topological polar surface area (TPSA) is 48.4 Å². The van der Waals surface area contributed by atoms with Gasteiger partial charge in [-0.2, -0.15) is 0 Å². The number of ether oxygens (including phenoxy) is 1. The summed E-state index contributed by atoms with van der Waals surface area (Å²) in [6.07, 6.45) is 2.63. The number of para-hydroxylation sites is 1. The van der Waals surface area contributed by atoms with Gasteiger partial charge in [0.15, 0.2) is 0 Å². The van der Waals surface area contributed by atoms with Gasteiger partial charge in [-0.1, -0.05) is 25.1 Å². The number of hydrogen-bond donors (Lipinski definition) is 1. The Morgan fingerprint density at radius 2 is 2.05 bits per heavy atom. The second kappa shape index (κ2) is 6.86. The lowest BCUT2D eigenvalue weighted by atomic mass is 10.0. The molecule has 0 aliphatic carbocycles. The van der Waals surface area contributed by atoms with Crippen LogP contribution in [0.3, 0.4) is 0 Å². The van der Waals surface area contributed by atoms with Crippen molar-refractivity contribution in [2.24, 2.45) is 5.73 Å². The number of methoxy groups -OCH3 is 1. The molecule has 1 aromatic heterocycles. The van der Waals surface area contributed by atoms with Gasteiger partial charge in [-0.25, -0.2) is 0 Å². The van der Waals surface area contributed by atoms with Crippen LogP contribution in [0.2, 0.25) is 0 Å². The summed E-state index contributed by atoms with van der Waals surface area (Å²) in [5.74, 6) is 1.81. The van der Waals surface area contributed by atoms with Gasteiger partial charge in [-0.15, -0.1) is 11.8 Å². The lowest BCUT2D eigenvalue weighted by Crippen LogP contribution is -2.26. The second-order valence-electron chi connectivity index (χ2n) is 4.69. The van der Waals surface area contributed by atoms with E-state index in [4.69, 9.17) is 14.9 Å². The molecule has 0 amide bonds. The molecule has 0 aliphatic rings. The van der Waals surface area contributed by atoms with E-state index in [0.717, 1.165) is 28.4 Å². The highest BCUT2D eigenvalue weighted by atomic mass is 32.2. The maximum absolute atomic E-state index is 6.33. The van der Waals surface area contributed by atoms with E-state index in [9.17, 15) is 0 Å². The van der Waals surface area contributed by atoms with Crippen molar-refractivity contribution in [1.82, 2.24) is 0 Å². The van der Waals surface area contributed by atoms with E-state index in [1.165, 1.54) is 0 Å². The van der Waals surface area contributed by atoms with Gasteiger partial charge in [0, 0.05) is 16.5 Å². The van der Waals surface area contributed by atoms with Crippen LogP contribution in [0.4, 0.5) is 0 Å². The van der Waals surface area contributed by atoms with Crippen molar-refractivity contribution in [2.75, 3.05) is 7.11 Å². The zero-order chi connectivity index (χ0) is 14.5. The van der Waals surface area contributed by atoms with E-state index in [1.807, 2.05) is 31.2 Å². The van der Waals surface area contributed by atoms with Gasteiger partial charge in [-0.05, 0) is 25.5 Å². The van der Waals surface area contributed by atoms with Crippen LogP contribution in [0, 0.1) is 6.92 Å². The summed E-state index contributed by atoms with van der Waals surface area (Å²) in [6, 6.07) is 10.1. The molecule has 2 N–H and O–H groups in total. The molecule has 0 saturated carbocycles. The minimum atomic E-state index is 0.0607. The van der Waals surface area contributed by atoms with Gasteiger partial charge in [0.2, 0.25) is 0 Å². The summed E-state index contributed by atoms with van der Waals surface area (Å²) in [4.78, 5) is 1.13. The van der Waals surface area contributed by atoms with Crippen LogP contribution in [0.5, 0.6) is 5.75 Å². The molecule has 4 heteroatoms. The summed E-state index contributed by atoms with van der Waals surface area (Å²) >= 11 is 1.74. The molecule has 1 heterocycles. The number of hydrogen-bond acceptors (Lipinski definition) is 4. The Hall–Kier alpha value is -1.39. The Balaban J connectivity index is 2.35. The minimum absolute atomic E-state index is 0.0607. The van der Waals surface area contributed by atoms with Gasteiger partial charge in [0.1, 0.15) is 11.5 Å². The number of aryl methyl sites for hydroxylation is 1. The normalized spacial score (nSPS) is 14.0. The lowest BCUT2D eigenvalue weighted by molar-refractivity contribution is 0.407. The van der Waals surface area contributed by atoms with E-state index >= 15 is 0 Å². The van der Waals surface area contributed by atoms with Gasteiger partial charge in [0.05, 0.1) is 18.6 Å². The zero-order valence-electron chi connectivity index (χ0n) is 12.1. The molecule has 0 saturated heterocycles. The van der Waals surface area contributed by atoms with Crippen molar-refractivity contribution < 1.29 is 9.15 Å². The fraction of sp³-hybridized carbons (Fsp3) is 0.375. The van der Waals surface area contributed by atoms with Crippen LogP contribution in [0.1, 0.15) is 29.9 Å². The first-order chi connectivity index (χ1) is 9.67. The van der Waals surface area contributed by atoms with Crippen molar-refractivity contribution in [2.45, 2.75) is 36.5 Å². The zero-order valence-corrected chi connectivity index (χ0v) is 12.9. The molecule has 3 nitrogen and oxygen atoms in total. The molecule has 0 spiro atoms. The van der Waals surface area contributed by atoms with Gasteiger partial charge in [-0.3, -0.25) is 0 Å². The van der Waals surface area contributed by atoms with Crippen LogP contribution in [0.25, 0.3) is 0 Å². The number of benzene rings is 1. The first-order valence-electron chi connectivity index (χ1n) is 6.76. The van der Waals surface area contributed by atoms with Gasteiger partial charge >= 0.3 is 0 Å². The average molecular weight is 291 g/mol. The molecular formula is C16H21NO2S. The average Bonchev–Trinajstić information content (AvgIpc) is 2.89. The van der Waals surface area contributed by atoms with E-state index in [1.54, 1.807) is 25.1 Å². The molecule has 2 rings (SSSR count). The molecule has 0 bridgehead atoms. The maximum Gasteiger partial charge on any atom is 0.123 e. The van der Waals surface area contributed by atoms with Crippen LogP contribution in [-0.2, 0) is 0 Å². The molecule has 20 heavy (non-hydrogen) atoms. The van der Waals surface area contributed by atoms with Crippen molar-refractivity contribution in [3.05, 3.63) is 47.9 Å². The fourth-order valence-corrected chi connectivity index (χ4v) is 3.44. The summed E-state index contributed by atoms with van der Waals surface area (Å²) in [7, 11) is 1.70. The van der Waals surface area contributed by atoms with Crippen molar-refractivity contribution in [1.29, 1.82) is 0 Å². The summed E-state index contributed by atoms with van der Waals surface area (Å²) in [5.41, 5.74) is 7.47. The Kier molecular flexibility index (Phi) is 5.15. The largest absolute Gasteiger partial charge is 0.496 e. The molecule has 1 aromatic carbocycles. The monoisotopic (exact) mass is 291 g/mol. The maximum atomic E-state index is 6.33. The first-order valence-corrected chi connectivity index (χ1v) is 7.64. The van der Waals surface area contributed by atoms with Crippen LogP contribution in [0.15, 0.2) is 45.9 Å². The Bertz CT molecular complexity index is 553. The van der Waals surface area contributed by atoms with Gasteiger partial charge in [0.25, 0.3) is 0 Å². The summed E-state index contributed by atoms with van der Waals surface area (Å²) in [5, 5.41) is 0.146. The molecule has 0 aliphatic heterocycles. The molecular weight excluding hydrogens is 270 g/mol. The third-order valence-electron chi connectivity index (χ3n) is 3.37. The van der Waals surface area contributed by atoms with E-state index in [0.29, 0.717) is 0 Å². The fourth-order valence-electron chi connectivity index (χ4n) is 2.13. The lowest BCUT2D eigenvalue weighted by Gasteiger charge is -2.24. The number of furan rings is 1. The molecule has 0 fully saturated rings. The van der Waals surface area contributed by atoms with Crippen molar-refractivity contribution >= 4 is 11.8 Å². The smallest absolute Gasteiger partial charge is 0.123 e. The Labute approximate surface area is 124 Å². The SMILES string of the molecule is CCC(N)C(Sc1ccoc1C)c1ccccc1OC. The highest BCUT2D eigenvalue weighted by molar-refractivity contribution is 7.99. The standard InChI is InChI=1S/C16H21NO2S/c1-4-13(17)16(20-15-9-10-19-11(15)2)12-7-5-6-8-14(12)18-3/h5-10,13,16H,4,17H2,1-3H3. The van der Waals surface area contributed by atoms with E-state index < -0.39 is 0 Å². The molecule has 108 valence electrons. The minimum Gasteiger partial charge on any atom is -0.496 e. The third kappa shape index (κ3) is 3.19. The van der Waals surface area contributed by atoms with Gasteiger partial charge < -0.3 is 14.9 Å². The summed E-state index contributed by atoms with van der Waals surface area (Å²) < 4.78 is 10.9. The second-order valence-corrected chi connectivity index (χ2v) is 5.88. The Morgan fingerprint density at radius 3 is 2.65 bits per heavy atom. The summed E-state index contributed by atoms with van der Waals surface area (Å²) in [6.45, 7) is 4.08. The molecule has 2 unspecified atom stereocenters. The predicted molar refractivity (Wildman–Crippen MR) is 83.3 cm³/mol. The molecule has 2 aromatic rings. The van der Waals surface area contributed by atoms with E-state index in [2.05, 4.69) is 13.0 Å². The van der Waals surface area contributed by atoms with Crippen LogP contribution < -0.4 is 10.5 Å². The highest BCUT2D eigenvalue weighted by Crippen LogP contribution is 2.42. The van der Waals surface area contributed by atoms with Crippen molar-refractivity contribution in [3.63, 3.8) is 0 Å². The van der Waals surface area contributed by atoms with Crippen molar-refractivity contribution in [3.8, 4) is 5.75 Å². The highest BCUT2D eigenvalue weighted by Gasteiger charge is 2.24. The van der Waals surface area contributed by atoms with E-state index in [-0.39, 0.29) is 11.3 Å². The number of nitrogens with two attached hydrogens (primary N) is 1. The predicted octanol–water partition coefficient (Wildman–Crippen LogP) is 4.17. The number of rotatable bonds is 6. The Morgan fingerprint density at radius 1 is 1.30 bits per heavy atom. The molecule has 0 radical (unpaired) electrons. The number of thioether (sulfide) groups is 1.